The Morgan fingerprint density at radius 2 is 1.54 bits per heavy atom. The van der Waals surface area contributed by atoms with E-state index < -0.39 is 23.8 Å². The molecule has 10 heteroatoms. The summed E-state index contributed by atoms with van der Waals surface area (Å²) in [4.78, 5) is 37.8. The van der Waals surface area contributed by atoms with Crippen molar-refractivity contribution in [3.8, 4) is 11.5 Å². The number of esters is 1. The summed E-state index contributed by atoms with van der Waals surface area (Å²) in [6.07, 6.45) is 0.389. The molecule has 0 heterocycles. The summed E-state index contributed by atoms with van der Waals surface area (Å²) >= 11 is 0. The first kappa shape index (κ1) is 27.0. The van der Waals surface area contributed by atoms with Crippen molar-refractivity contribution in [1.82, 2.24) is 10.6 Å². The van der Waals surface area contributed by atoms with Crippen molar-refractivity contribution in [3.63, 3.8) is 0 Å². The van der Waals surface area contributed by atoms with Crippen LogP contribution in [0.25, 0.3) is 0 Å². The highest BCUT2D eigenvalue weighted by Crippen LogP contribution is 2.25. The fourth-order valence-corrected chi connectivity index (χ4v) is 3.28. The van der Waals surface area contributed by atoms with Crippen molar-refractivity contribution in [3.05, 3.63) is 84.7 Å². The van der Waals surface area contributed by atoms with Crippen LogP contribution in [0, 0.1) is 5.82 Å². The smallest absolute Gasteiger partial charge is 0.326 e. The van der Waals surface area contributed by atoms with Crippen molar-refractivity contribution in [1.29, 1.82) is 0 Å². The minimum Gasteiger partial charge on any atom is -0.465 e. The average Bonchev–Trinajstić information content (AvgIpc) is 2.90. The molecule has 0 spiro atoms. The van der Waals surface area contributed by atoms with Crippen LogP contribution < -0.4 is 25.6 Å². The summed E-state index contributed by atoms with van der Waals surface area (Å²) in [6.45, 7) is 2.11. The monoisotopic (exact) mass is 508 g/mol. The molecule has 3 aromatic rings. The summed E-state index contributed by atoms with van der Waals surface area (Å²) in [7, 11) is 0. The second kappa shape index (κ2) is 14.1. The zero-order chi connectivity index (χ0) is 26.5. The van der Waals surface area contributed by atoms with Crippen LogP contribution in [0.5, 0.6) is 11.5 Å². The molecule has 4 amide bonds. The molecule has 0 aliphatic carbocycles. The molecule has 3 N–H and O–H groups in total. The number of carbonyl (C=O) groups is 3. The fraction of sp³-hybridized carbons (Fsp3) is 0.222. The first-order valence-electron chi connectivity index (χ1n) is 11.8. The number of halogens is 1. The quantitative estimate of drug-likeness (QED) is 0.252. The molecule has 0 aromatic heterocycles. The standard InChI is InChI=1S/C27H29FN4O5/c1-2-36-25(33)19-30-26(34)29-17-8-18-32(27(35)31-24-12-7-6-11-23(24)28)20-13-15-22(16-14-20)37-21-9-4-3-5-10-21/h3-7,9-16H,2,8,17-19H2,1H3,(H,31,35)(H2,29,30,34). The Bertz CT molecular complexity index is 1170. The highest BCUT2D eigenvalue weighted by molar-refractivity contribution is 6.01. The highest BCUT2D eigenvalue weighted by atomic mass is 19.1. The van der Waals surface area contributed by atoms with Gasteiger partial charge in [-0.1, -0.05) is 30.3 Å². The van der Waals surface area contributed by atoms with E-state index in [9.17, 15) is 18.8 Å². The number of hydrogen-bond donors (Lipinski definition) is 3. The zero-order valence-electron chi connectivity index (χ0n) is 20.4. The van der Waals surface area contributed by atoms with Gasteiger partial charge in [0, 0.05) is 18.8 Å². The van der Waals surface area contributed by atoms with Crippen LogP contribution in [0.4, 0.5) is 25.4 Å². The van der Waals surface area contributed by atoms with E-state index in [0.29, 0.717) is 23.6 Å². The van der Waals surface area contributed by atoms with E-state index in [0.717, 1.165) is 0 Å². The largest absolute Gasteiger partial charge is 0.465 e. The maximum atomic E-state index is 14.1. The molecular weight excluding hydrogens is 479 g/mol. The first-order valence-corrected chi connectivity index (χ1v) is 11.8. The number of para-hydroxylation sites is 2. The van der Waals surface area contributed by atoms with Gasteiger partial charge in [-0.25, -0.2) is 14.0 Å². The molecule has 9 nitrogen and oxygen atoms in total. The van der Waals surface area contributed by atoms with Gasteiger partial charge in [0.25, 0.3) is 0 Å². The van der Waals surface area contributed by atoms with Crippen LogP contribution >= 0.6 is 0 Å². The Balaban J connectivity index is 1.62. The van der Waals surface area contributed by atoms with Gasteiger partial charge in [-0.3, -0.25) is 9.69 Å². The van der Waals surface area contributed by atoms with E-state index in [2.05, 4.69) is 16.0 Å². The summed E-state index contributed by atoms with van der Waals surface area (Å²) in [5, 5.41) is 7.61. The molecular formula is C27H29FN4O5. The van der Waals surface area contributed by atoms with Gasteiger partial charge in [-0.2, -0.15) is 0 Å². The number of urea groups is 2. The molecule has 0 fully saturated rings. The van der Waals surface area contributed by atoms with E-state index in [1.165, 1.54) is 23.1 Å². The second-order valence-corrected chi connectivity index (χ2v) is 7.74. The van der Waals surface area contributed by atoms with Crippen LogP contribution in [-0.2, 0) is 9.53 Å². The Morgan fingerprint density at radius 1 is 0.865 bits per heavy atom. The lowest BCUT2D eigenvalue weighted by atomic mass is 10.2. The lowest BCUT2D eigenvalue weighted by Crippen LogP contribution is -2.41. The van der Waals surface area contributed by atoms with Gasteiger partial charge in [0.1, 0.15) is 23.9 Å². The Morgan fingerprint density at radius 3 is 2.24 bits per heavy atom. The number of carbonyl (C=O) groups excluding carboxylic acids is 3. The van der Waals surface area contributed by atoms with Gasteiger partial charge in [-0.15, -0.1) is 0 Å². The predicted octanol–water partition coefficient (Wildman–Crippen LogP) is 4.91. The van der Waals surface area contributed by atoms with Gasteiger partial charge in [0.2, 0.25) is 0 Å². The predicted molar refractivity (Wildman–Crippen MR) is 138 cm³/mol. The summed E-state index contributed by atoms with van der Waals surface area (Å²) < 4.78 is 24.7. The summed E-state index contributed by atoms with van der Waals surface area (Å²) in [6, 6.07) is 21.0. The third-order valence-corrected chi connectivity index (χ3v) is 5.03. The molecule has 0 aliphatic heterocycles. The van der Waals surface area contributed by atoms with Crippen LogP contribution in [0.3, 0.4) is 0 Å². The van der Waals surface area contributed by atoms with Crippen LogP contribution in [-0.4, -0.2) is 44.3 Å². The van der Waals surface area contributed by atoms with Crippen molar-refractivity contribution in [2.75, 3.05) is 36.5 Å². The number of nitrogens with one attached hydrogen (secondary N) is 3. The number of anilines is 2. The maximum absolute atomic E-state index is 14.1. The van der Waals surface area contributed by atoms with Gasteiger partial charge in [-0.05, 0) is 61.9 Å². The van der Waals surface area contributed by atoms with Crippen molar-refractivity contribution in [2.24, 2.45) is 0 Å². The number of ether oxygens (including phenoxy) is 2. The van der Waals surface area contributed by atoms with Gasteiger partial charge < -0.3 is 25.4 Å². The van der Waals surface area contributed by atoms with Crippen molar-refractivity contribution >= 4 is 29.4 Å². The molecule has 3 rings (SSSR count). The average molecular weight is 509 g/mol. The Hall–Kier alpha value is -4.60. The molecule has 0 aliphatic rings. The van der Waals surface area contributed by atoms with E-state index in [1.54, 1.807) is 37.3 Å². The lowest BCUT2D eigenvalue weighted by Gasteiger charge is -2.24. The molecule has 0 bridgehead atoms. The summed E-state index contributed by atoms with van der Waals surface area (Å²) in [5.74, 6) is 0.178. The molecule has 0 unspecified atom stereocenters. The first-order chi connectivity index (χ1) is 18.0. The van der Waals surface area contributed by atoms with Crippen LogP contribution in [0.1, 0.15) is 13.3 Å². The van der Waals surface area contributed by atoms with E-state index in [1.807, 2.05) is 30.3 Å². The third-order valence-electron chi connectivity index (χ3n) is 5.03. The molecule has 0 radical (unpaired) electrons. The third kappa shape index (κ3) is 8.84. The molecule has 194 valence electrons. The van der Waals surface area contributed by atoms with E-state index in [-0.39, 0.29) is 31.9 Å². The Kier molecular flexibility index (Phi) is 10.3. The SMILES string of the molecule is CCOC(=O)CNC(=O)NCCCN(C(=O)Nc1ccccc1F)c1ccc(Oc2ccccc2)cc1. The van der Waals surface area contributed by atoms with Crippen LogP contribution in [0.2, 0.25) is 0 Å². The topological polar surface area (TPSA) is 109 Å². The number of rotatable bonds is 11. The normalized spacial score (nSPS) is 10.2. The van der Waals surface area contributed by atoms with Crippen LogP contribution in [0.15, 0.2) is 78.9 Å². The molecule has 0 atom stereocenters. The molecule has 0 saturated heterocycles. The minimum atomic E-state index is -0.553. The molecule has 3 aromatic carbocycles. The second-order valence-electron chi connectivity index (χ2n) is 7.74. The fourth-order valence-electron chi connectivity index (χ4n) is 3.28. The van der Waals surface area contributed by atoms with Gasteiger partial charge in [0.05, 0.1) is 12.3 Å². The van der Waals surface area contributed by atoms with E-state index in [4.69, 9.17) is 9.47 Å². The molecule has 37 heavy (non-hydrogen) atoms. The van der Waals surface area contributed by atoms with Crippen molar-refractivity contribution < 1.29 is 28.2 Å². The summed E-state index contributed by atoms with van der Waals surface area (Å²) in [5.41, 5.74) is 0.610. The maximum Gasteiger partial charge on any atom is 0.326 e. The van der Waals surface area contributed by atoms with E-state index >= 15 is 0 Å². The number of amides is 4. The lowest BCUT2D eigenvalue weighted by molar-refractivity contribution is -0.141. The van der Waals surface area contributed by atoms with Gasteiger partial charge in [0.15, 0.2) is 0 Å². The van der Waals surface area contributed by atoms with Crippen molar-refractivity contribution in [2.45, 2.75) is 13.3 Å². The Labute approximate surface area is 214 Å². The zero-order valence-corrected chi connectivity index (χ0v) is 20.4. The highest BCUT2D eigenvalue weighted by Gasteiger charge is 2.17. The minimum absolute atomic E-state index is 0.0537. The number of nitrogens with zero attached hydrogens (tertiary/aromatic N) is 1. The number of benzene rings is 3. The molecule has 0 saturated carbocycles. The van der Waals surface area contributed by atoms with Gasteiger partial charge >= 0.3 is 18.0 Å². The number of hydrogen-bond acceptors (Lipinski definition) is 5.